The van der Waals surface area contributed by atoms with E-state index in [1.54, 1.807) is 0 Å². The van der Waals surface area contributed by atoms with Crippen molar-refractivity contribution in [2.24, 2.45) is 5.73 Å². The second kappa shape index (κ2) is 10.4. The Kier molecular flexibility index (Phi) is 8.85. The summed E-state index contributed by atoms with van der Waals surface area (Å²) in [6.45, 7) is 2.55. The minimum Gasteiger partial charge on any atom is -0.369 e. The standard InChI is InChI=1S/C11H17N5O3S3/c1-2-3-4-13-9(19)14-8(18)6-21-11-16-15-10(22-11)20-5-7(12)17/h2-6H2,1H3,(H2,12,17)(H2,13,14,18,19). The smallest absolute Gasteiger partial charge is 0.321 e. The molecule has 0 bridgehead atoms. The van der Waals surface area contributed by atoms with Gasteiger partial charge in [0.25, 0.3) is 0 Å². The third-order valence-electron chi connectivity index (χ3n) is 2.12. The molecule has 0 aliphatic rings. The fourth-order valence-corrected chi connectivity index (χ4v) is 3.72. The number of aromatic nitrogens is 2. The second-order valence-electron chi connectivity index (χ2n) is 4.04. The van der Waals surface area contributed by atoms with E-state index in [0.29, 0.717) is 15.2 Å². The van der Waals surface area contributed by atoms with E-state index in [4.69, 9.17) is 5.73 Å². The summed E-state index contributed by atoms with van der Waals surface area (Å²) in [4.78, 5) is 33.6. The highest BCUT2D eigenvalue weighted by Gasteiger charge is 2.11. The van der Waals surface area contributed by atoms with Crippen LogP contribution in [0.25, 0.3) is 0 Å². The molecule has 0 aromatic carbocycles. The summed E-state index contributed by atoms with van der Waals surface area (Å²) in [6.07, 6.45) is 1.84. The van der Waals surface area contributed by atoms with Crippen LogP contribution in [0.3, 0.4) is 0 Å². The lowest BCUT2D eigenvalue weighted by Gasteiger charge is -2.04. The van der Waals surface area contributed by atoms with E-state index in [9.17, 15) is 14.4 Å². The first-order chi connectivity index (χ1) is 10.5. The third kappa shape index (κ3) is 8.20. The summed E-state index contributed by atoms with van der Waals surface area (Å²) >= 11 is 3.64. The van der Waals surface area contributed by atoms with E-state index in [1.807, 2.05) is 6.92 Å². The fraction of sp³-hybridized carbons (Fsp3) is 0.545. The molecule has 0 radical (unpaired) electrons. The molecule has 11 heteroatoms. The second-order valence-corrected chi connectivity index (χ2v) is 7.46. The number of hydrogen-bond donors (Lipinski definition) is 3. The van der Waals surface area contributed by atoms with Gasteiger partial charge >= 0.3 is 6.03 Å². The van der Waals surface area contributed by atoms with Gasteiger partial charge in [0.2, 0.25) is 11.8 Å². The lowest BCUT2D eigenvalue weighted by atomic mass is 10.3. The first kappa shape index (κ1) is 18.7. The summed E-state index contributed by atoms with van der Waals surface area (Å²) in [7, 11) is 0. The monoisotopic (exact) mass is 363 g/mol. The molecule has 8 nitrogen and oxygen atoms in total. The highest BCUT2D eigenvalue weighted by atomic mass is 32.2. The Hall–Kier alpha value is -1.33. The molecule has 0 atom stereocenters. The predicted octanol–water partition coefficient (Wildman–Crippen LogP) is 0.833. The maximum absolute atomic E-state index is 11.6. The summed E-state index contributed by atoms with van der Waals surface area (Å²) in [5.41, 5.74) is 5.04. The minimum atomic E-state index is -0.492. The van der Waals surface area contributed by atoms with Crippen molar-refractivity contribution in [2.75, 3.05) is 18.1 Å². The van der Waals surface area contributed by atoms with E-state index in [-0.39, 0.29) is 11.5 Å². The molecule has 1 aromatic heterocycles. The van der Waals surface area contributed by atoms with Gasteiger partial charge in [-0.2, -0.15) is 0 Å². The van der Waals surface area contributed by atoms with E-state index in [0.717, 1.165) is 12.8 Å². The quantitative estimate of drug-likeness (QED) is 0.438. The van der Waals surface area contributed by atoms with Crippen LogP contribution < -0.4 is 16.4 Å². The average molecular weight is 363 g/mol. The molecule has 0 aliphatic carbocycles. The van der Waals surface area contributed by atoms with E-state index < -0.39 is 17.8 Å². The van der Waals surface area contributed by atoms with Crippen LogP contribution in [0.5, 0.6) is 0 Å². The molecule has 0 fully saturated rings. The van der Waals surface area contributed by atoms with Crippen molar-refractivity contribution in [3.63, 3.8) is 0 Å². The molecule has 22 heavy (non-hydrogen) atoms. The molecule has 4 N–H and O–H groups in total. The van der Waals surface area contributed by atoms with Crippen molar-refractivity contribution in [2.45, 2.75) is 28.4 Å². The van der Waals surface area contributed by atoms with Crippen LogP contribution in [0, 0.1) is 0 Å². The van der Waals surface area contributed by atoms with E-state index in [1.165, 1.54) is 34.9 Å². The number of thioether (sulfide) groups is 2. The van der Waals surface area contributed by atoms with Crippen LogP contribution in [-0.4, -0.2) is 46.1 Å². The molecular weight excluding hydrogens is 346 g/mol. The van der Waals surface area contributed by atoms with Crippen LogP contribution in [0.4, 0.5) is 4.79 Å². The number of amides is 4. The Balaban J connectivity index is 2.26. The Morgan fingerprint density at radius 3 is 2.41 bits per heavy atom. The molecule has 4 amide bonds. The molecule has 1 heterocycles. The molecule has 0 saturated carbocycles. The molecular formula is C11H17N5O3S3. The van der Waals surface area contributed by atoms with Crippen LogP contribution in [0.15, 0.2) is 8.68 Å². The average Bonchev–Trinajstić information content (AvgIpc) is 2.91. The van der Waals surface area contributed by atoms with Crippen molar-refractivity contribution >= 4 is 52.7 Å². The van der Waals surface area contributed by atoms with Gasteiger partial charge < -0.3 is 11.1 Å². The zero-order chi connectivity index (χ0) is 16.4. The van der Waals surface area contributed by atoms with Gasteiger partial charge in [-0.25, -0.2) is 4.79 Å². The number of nitrogens with two attached hydrogens (primary N) is 1. The van der Waals surface area contributed by atoms with E-state index >= 15 is 0 Å². The van der Waals surface area contributed by atoms with Crippen molar-refractivity contribution < 1.29 is 14.4 Å². The van der Waals surface area contributed by atoms with Gasteiger partial charge in [0.1, 0.15) is 0 Å². The topological polar surface area (TPSA) is 127 Å². The summed E-state index contributed by atoms with van der Waals surface area (Å²) in [5, 5.41) is 12.6. The van der Waals surface area contributed by atoms with Crippen LogP contribution in [0.1, 0.15) is 19.8 Å². The Morgan fingerprint density at radius 1 is 1.18 bits per heavy atom. The molecule has 1 aromatic rings. The van der Waals surface area contributed by atoms with Gasteiger partial charge in [-0.15, -0.1) is 10.2 Å². The van der Waals surface area contributed by atoms with Gasteiger partial charge in [0.15, 0.2) is 8.68 Å². The van der Waals surface area contributed by atoms with Gasteiger partial charge in [-0.05, 0) is 6.42 Å². The number of imide groups is 1. The largest absolute Gasteiger partial charge is 0.369 e. The van der Waals surface area contributed by atoms with Crippen molar-refractivity contribution in [1.29, 1.82) is 0 Å². The number of nitrogens with zero attached hydrogens (tertiary/aromatic N) is 2. The third-order valence-corrected chi connectivity index (χ3v) is 5.33. The number of primary amides is 1. The normalized spacial score (nSPS) is 10.2. The van der Waals surface area contributed by atoms with Gasteiger partial charge in [-0.1, -0.05) is 48.2 Å². The predicted molar refractivity (Wildman–Crippen MR) is 87.0 cm³/mol. The number of carbonyl (C=O) groups is 3. The Bertz CT molecular complexity index is 523. The number of urea groups is 1. The van der Waals surface area contributed by atoms with Gasteiger partial charge in [0.05, 0.1) is 11.5 Å². The lowest BCUT2D eigenvalue weighted by molar-refractivity contribution is -0.117. The first-order valence-electron chi connectivity index (χ1n) is 6.46. The van der Waals surface area contributed by atoms with Crippen molar-refractivity contribution in [3.05, 3.63) is 0 Å². The summed E-state index contributed by atoms with van der Waals surface area (Å²) in [5.74, 6) is -0.628. The van der Waals surface area contributed by atoms with Gasteiger partial charge in [0, 0.05) is 6.54 Å². The highest BCUT2D eigenvalue weighted by molar-refractivity contribution is 8.03. The molecule has 122 valence electrons. The number of carbonyl (C=O) groups excluding carboxylic acids is 3. The number of unbranched alkanes of at least 4 members (excludes halogenated alkanes) is 1. The minimum absolute atomic E-state index is 0.0658. The Labute approximate surface area is 140 Å². The molecule has 0 spiro atoms. The van der Waals surface area contributed by atoms with Crippen LogP contribution >= 0.6 is 34.9 Å². The molecule has 1 rings (SSSR count). The summed E-state index contributed by atoms with van der Waals surface area (Å²) in [6, 6.07) is -0.492. The maximum Gasteiger partial charge on any atom is 0.321 e. The number of rotatable bonds is 9. The van der Waals surface area contributed by atoms with Crippen molar-refractivity contribution in [3.8, 4) is 0 Å². The Morgan fingerprint density at radius 2 is 1.82 bits per heavy atom. The maximum atomic E-state index is 11.6. The van der Waals surface area contributed by atoms with E-state index in [2.05, 4.69) is 20.8 Å². The SMILES string of the molecule is CCCCNC(=O)NC(=O)CSc1nnc(SCC(N)=O)s1. The molecule has 0 aliphatic heterocycles. The molecule has 0 saturated heterocycles. The lowest BCUT2D eigenvalue weighted by Crippen LogP contribution is -2.40. The highest BCUT2D eigenvalue weighted by Crippen LogP contribution is 2.28. The number of nitrogens with one attached hydrogen (secondary N) is 2. The fourth-order valence-electron chi connectivity index (χ4n) is 1.16. The van der Waals surface area contributed by atoms with Gasteiger partial charge in [-0.3, -0.25) is 14.9 Å². The van der Waals surface area contributed by atoms with Crippen LogP contribution in [0.2, 0.25) is 0 Å². The zero-order valence-corrected chi connectivity index (χ0v) is 14.4. The molecule has 0 unspecified atom stereocenters. The van der Waals surface area contributed by atoms with Crippen LogP contribution in [-0.2, 0) is 9.59 Å². The zero-order valence-electron chi connectivity index (χ0n) is 12.0. The number of hydrogen-bond acceptors (Lipinski definition) is 8. The van der Waals surface area contributed by atoms with Crippen molar-refractivity contribution in [1.82, 2.24) is 20.8 Å². The summed E-state index contributed by atoms with van der Waals surface area (Å²) < 4.78 is 1.20. The first-order valence-corrected chi connectivity index (χ1v) is 9.25.